The van der Waals surface area contributed by atoms with Crippen molar-refractivity contribution >= 4 is 21.4 Å². The number of aromatic nitrogens is 1. The Morgan fingerprint density at radius 3 is 2.55 bits per heavy atom. The molecule has 0 aliphatic heterocycles. The number of hydrogen-bond donors (Lipinski definition) is 1. The lowest BCUT2D eigenvalue weighted by Crippen LogP contribution is -2.31. The van der Waals surface area contributed by atoms with Gasteiger partial charge in [0.1, 0.15) is 15.5 Å². The van der Waals surface area contributed by atoms with E-state index in [1.807, 2.05) is 13.8 Å². The third-order valence-electron chi connectivity index (χ3n) is 2.83. The highest BCUT2D eigenvalue weighted by atomic mass is 32.2. The van der Waals surface area contributed by atoms with Crippen LogP contribution in [0.5, 0.6) is 0 Å². The molecule has 112 valence electrons. The standard InChI is InChI=1S/C13H21N3O3S/c1-4-16(5-2)13(17)12-10-11(6-7-15-12)14-8-9-20(3,18)19/h6-7,10H,4-5,8-9H2,1-3H3,(H,14,15). The van der Waals surface area contributed by atoms with Crippen molar-refractivity contribution in [2.24, 2.45) is 0 Å². The van der Waals surface area contributed by atoms with Gasteiger partial charge in [-0.3, -0.25) is 9.78 Å². The lowest BCUT2D eigenvalue weighted by Gasteiger charge is -2.18. The molecule has 7 heteroatoms. The summed E-state index contributed by atoms with van der Waals surface area (Å²) in [6, 6.07) is 3.35. The lowest BCUT2D eigenvalue weighted by atomic mass is 10.2. The van der Waals surface area contributed by atoms with Gasteiger partial charge in [0.25, 0.3) is 5.91 Å². The van der Waals surface area contributed by atoms with Gasteiger partial charge in [-0.05, 0) is 26.0 Å². The van der Waals surface area contributed by atoms with Crippen LogP contribution in [0, 0.1) is 0 Å². The normalized spacial score (nSPS) is 11.2. The summed E-state index contributed by atoms with van der Waals surface area (Å²) >= 11 is 0. The molecule has 0 spiro atoms. The molecule has 0 atom stereocenters. The molecule has 1 rings (SSSR count). The molecule has 1 aromatic heterocycles. The van der Waals surface area contributed by atoms with E-state index in [0.717, 1.165) is 0 Å². The summed E-state index contributed by atoms with van der Waals surface area (Å²) in [4.78, 5) is 17.9. The summed E-state index contributed by atoms with van der Waals surface area (Å²) in [5.74, 6) is -0.0731. The SMILES string of the molecule is CCN(CC)C(=O)c1cc(NCCS(C)(=O)=O)ccn1. The zero-order valence-corrected chi connectivity index (χ0v) is 12.9. The van der Waals surface area contributed by atoms with Crippen molar-refractivity contribution in [2.45, 2.75) is 13.8 Å². The second-order valence-corrected chi connectivity index (χ2v) is 6.72. The van der Waals surface area contributed by atoms with Crippen LogP contribution in [0.15, 0.2) is 18.3 Å². The average molecular weight is 299 g/mol. The fourth-order valence-electron chi connectivity index (χ4n) is 1.71. The summed E-state index contributed by atoms with van der Waals surface area (Å²) in [6.45, 7) is 5.39. The zero-order chi connectivity index (χ0) is 15.2. The summed E-state index contributed by atoms with van der Waals surface area (Å²) in [5, 5.41) is 2.98. The summed E-state index contributed by atoms with van der Waals surface area (Å²) in [6.07, 6.45) is 2.73. The first-order valence-corrected chi connectivity index (χ1v) is 8.60. The second kappa shape index (κ2) is 7.23. The summed E-state index contributed by atoms with van der Waals surface area (Å²) in [7, 11) is -3.00. The molecule has 0 aliphatic carbocycles. The van der Waals surface area contributed by atoms with E-state index >= 15 is 0 Å². The molecule has 0 aliphatic rings. The fourth-order valence-corrected chi connectivity index (χ4v) is 2.18. The molecule has 20 heavy (non-hydrogen) atoms. The Hall–Kier alpha value is -1.63. The van der Waals surface area contributed by atoms with Gasteiger partial charge in [-0.15, -0.1) is 0 Å². The third kappa shape index (κ3) is 5.16. The number of hydrogen-bond acceptors (Lipinski definition) is 5. The molecule has 0 saturated heterocycles. The molecular weight excluding hydrogens is 278 g/mol. The minimum Gasteiger partial charge on any atom is -0.384 e. The maximum Gasteiger partial charge on any atom is 0.272 e. The number of anilines is 1. The van der Waals surface area contributed by atoms with Gasteiger partial charge in [0.15, 0.2) is 0 Å². The Morgan fingerprint density at radius 1 is 1.35 bits per heavy atom. The minimum absolute atomic E-state index is 0.0502. The van der Waals surface area contributed by atoms with Gasteiger partial charge in [0.05, 0.1) is 5.75 Å². The molecule has 0 aromatic carbocycles. The van der Waals surface area contributed by atoms with Crippen LogP contribution in [0.25, 0.3) is 0 Å². The van der Waals surface area contributed by atoms with Crippen molar-refractivity contribution in [3.05, 3.63) is 24.0 Å². The van der Waals surface area contributed by atoms with E-state index in [0.29, 0.717) is 31.0 Å². The van der Waals surface area contributed by atoms with Gasteiger partial charge in [0.2, 0.25) is 0 Å². The van der Waals surface area contributed by atoms with E-state index in [-0.39, 0.29) is 11.7 Å². The molecule has 1 N–H and O–H groups in total. The maximum atomic E-state index is 12.1. The highest BCUT2D eigenvalue weighted by Crippen LogP contribution is 2.10. The third-order valence-corrected chi connectivity index (χ3v) is 3.78. The van der Waals surface area contributed by atoms with Crippen LogP contribution in [0.3, 0.4) is 0 Å². The molecule has 0 saturated carbocycles. The number of nitrogens with one attached hydrogen (secondary N) is 1. The first-order valence-electron chi connectivity index (χ1n) is 6.54. The highest BCUT2D eigenvalue weighted by Gasteiger charge is 2.14. The van der Waals surface area contributed by atoms with Gasteiger partial charge in [-0.25, -0.2) is 8.42 Å². The van der Waals surface area contributed by atoms with Crippen LogP contribution >= 0.6 is 0 Å². The molecule has 0 radical (unpaired) electrons. The first-order chi connectivity index (χ1) is 9.37. The van der Waals surface area contributed by atoms with Gasteiger partial charge in [-0.2, -0.15) is 0 Å². The first kappa shape index (κ1) is 16.4. The van der Waals surface area contributed by atoms with Gasteiger partial charge in [0, 0.05) is 37.8 Å². The largest absolute Gasteiger partial charge is 0.384 e. The molecular formula is C13H21N3O3S. The monoisotopic (exact) mass is 299 g/mol. The Morgan fingerprint density at radius 2 is 2.00 bits per heavy atom. The van der Waals surface area contributed by atoms with Crippen LogP contribution < -0.4 is 5.32 Å². The predicted octanol–water partition coefficient (Wildman–Crippen LogP) is 1.02. The second-order valence-electron chi connectivity index (χ2n) is 4.46. The molecule has 0 unspecified atom stereocenters. The summed E-state index contributed by atoms with van der Waals surface area (Å²) in [5.41, 5.74) is 1.05. The number of amides is 1. The Kier molecular flexibility index (Phi) is 5.94. The zero-order valence-electron chi connectivity index (χ0n) is 12.1. The molecule has 0 fully saturated rings. The van der Waals surface area contributed by atoms with E-state index in [9.17, 15) is 13.2 Å². The average Bonchev–Trinajstić information content (AvgIpc) is 2.39. The van der Waals surface area contributed by atoms with E-state index in [1.165, 1.54) is 6.26 Å². The van der Waals surface area contributed by atoms with Crippen LogP contribution in [0.4, 0.5) is 5.69 Å². The van der Waals surface area contributed by atoms with E-state index in [4.69, 9.17) is 0 Å². The van der Waals surface area contributed by atoms with Crippen molar-refractivity contribution in [3.63, 3.8) is 0 Å². The Bertz CT molecular complexity index is 554. The molecule has 1 amide bonds. The van der Waals surface area contributed by atoms with Crippen molar-refractivity contribution in [1.29, 1.82) is 0 Å². The number of pyridine rings is 1. The van der Waals surface area contributed by atoms with E-state index in [1.54, 1.807) is 23.2 Å². The smallest absolute Gasteiger partial charge is 0.272 e. The number of carbonyl (C=O) groups is 1. The number of sulfone groups is 1. The lowest BCUT2D eigenvalue weighted by molar-refractivity contribution is 0.0767. The number of nitrogens with zero attached hydrogens (tertiary/aromatic N) is 2. The molecule has 1 aromatic rings. The van der Waals surface area contributed by atoms with Crippen molar-refractivity contribution in [1.82, 2.24) is 9.88 Å². The Labute approximate surface area is 120 Å². The van der Waals surface area contributed by atoms with Crippen LogP contribution in [0.1, 0.15) is 24.3 Å². The van der Waals surface area contributed by atoms with Crippen LogP contribution in [0.2, 0.25) is 0 Å². The molecule has 0 bridgehead atoms. The van der Waals surface area contributed by atoms with E-state index in [2.05, 4.69) is 10.3 Å². The molecule has 1 heterocycles. The van der Waals surface area contributed by atoms with Crippen molar-refractivity contribution < 1.29 is 13.2 Å². The predicted molar refractivity (Wildman–Crippen MR) is 79.7 cm³/mol. The Balaban J connectivity index is 2.73. The van der Waals surface area contributed by atoms with Gasteiger partial charge >= 0.3 is 0 Å². The highest BCUT2D eigenvalue weighted by molar-refractivity contribution is 7.90. The van der Waals surface area contributed by atoms with Crippen LogP contribution in [-0.2, 0) is 9.84 Å². The van der Waals surface area contributed by atoms with Gasteiger partial charge in [-0.1, -0.05) is 0 Å². The number of carbonyl (C=O) groups excluding carboxylic acids is 1. The minimum atomic E-state index is -3.00. The molecule has 6 nitrogen and oxygen atoms in total. The quantitative estimate of drug-likeness (QED) is 0.813. The summed E-state index contributed by atoms with van der Waals surface area (Å²) < 4.78 is 22.1. The van der Waals surface area contributed by atoms with E-state index < -0.39 is 9.84 Å². The van der Waals surface area contributed by atoms with Crippen LogP contribution in [-0.4, -0.2) is 55.9 Å². The maximum absolute atomic E-state index is 12.1. The van der Waals surface area contributed by atoms with Gasteiger partial charge < -0.3 is 10.2 Å². The fraction of sp³-hybridized carbons (Fsp3) is 0.538. The topological polar surface area (TPSA) is 79.4 Å². The number of rotatable bonds is 7. The van der Waals surface area contributed by atoms with Crippen molar-refractivity contribution in [2.75, 3.05) is 37.0 Å². The van der Waals surface area contributed by atoms with Crippen molar-refractivity contribution in [3.8, 4) is 0 Å².